The van der Waals surface area contributed by atoms with E-state index in [9.17, 15) is 4.79 Å². The Kier molecular flexibility index (Phi) is 5.58. The molecule has 1 unspecified atom stereocenters. The van der Waals surface area contributed by atoms with Gasteiger partial charge in [0.05, 0.1) is 6.04 Å². The molecule has 0 aromatic carbocycles. The molecule has 7 heteroatoms. The van der Waals surface area contributed by atoms with Crippen molar-refractivity contribution >= 4 is 23.3 Å². The van der Waals surface area contributed by atoms with Gasteiger partial charge in [0.15, 0.2) is 0 Å². The quantitative estimate of drug-likeness (QED) is 0.818. The molecule has 122 valence electrons. The van der Waals surface area contributed by atoms with Gasteiger partial charge in [-0.2, -0.15) is 0 Å². The number of nitrogens with two attached hydrogens (primary N) is 2. The number of piperidine rings is 1. The summed E-state index contributed by atoms with van der Waals surface area (Å²) in [6, 6.07) is -0.412. The van der Waals surface area contributed by atoms with Crippen molar-refractivity contribution in [2.24, 2.45) is 11.7 Å². The summed E-state index contributed by atoms with van der Waals surface area (Å²) in [6.45, 7) is 5.22. The lowest BCUT2D eigenvalue weighted by molar-refractivity contribution is -0.133. The minimum Gasteiger partial charge on any atom is -0.383 e. The Labute approximate surface area is 136 Å². The maximum Gasteiger partial charge on any atom is 0.239 e. The molecule has 1 aromatic heterocycles. The van der Waals surface area contributed by atoms with Crippen LogP contribution in [-0.2, 0) is 11.2 Å². The van der Waals surface area contributed by atoms with Crippen LogP contribution in [-0.4, -0.2) is 39.9 Å². The Morgan fingerprint density at radius 1 is 1.41 bits per heavy atom. The first kappa shape index (κ1) is 17.0. The van der Waals surface area contributed by atoms with Crippen LogP contribution in [0.5, 0.6) is 0 Å². The molecule has 6 nitrogen and oxygen atoms in total. The minimum absolute atomic E-state index is 0.0460. The van der Waals surface area contributed by atoms with Crippen molar-refractivity contribution in [3.05, 3.63) is 16.5 Å². The number of carbonyl (C=O) groups excluding carboxylic acids is 1. The van der Waals surface area contributed by atoms with E-state index in [-0.39, 0.29) is 11.2 Å². The molecule has 1 aliphatic rings. The number of nitrogens with zero attached hydrogens (tertiary/aromatic N) is 3. The summed E-state index contributed by atoms with van der Waals surface area (Å²) >= 11 is 5.79. The Morgan fingerprint density at radius 3 is 2.59 bits per heavy atom. The van der Waals surface area contributed by atoms with Gasteiger partial charge in [-0.3, -0.25) is 4.79 Å². The van der Waals surface area contributed by atoms with Gasteiger partial charge in [-0.25, -0.2) is 9.97 Å². The van der Waals surface area contributed by atoms with Gasteiger partial charge in [-0.15, -0.1) is 0 Å². The largest absolute Gasteiger partial charge is 0.383 e. The number of aromatic nitrogens is 2. The van der Waals surface area contributed by atoms with Gasteiger partial charge in [0.2, 0.25) is 11.2 Å². The van der Waals surface area contributed by atoms with Crippen LogP contribution in [0.2, 0.25) is 5.28 Å². The van der Waals surface area contributed by atoms with Crippen LogP contribution < -0.4 is 11.5 Å². The van der Waals surface area contributed by atoms with Crippen molar-refractivity contribution in [1.82, 2.24) is 14.9 Å². The smallest absolute Gasteiger partial charge is 0.239 e. The summed E-state index contributed by atoms with van der Waals surface area (Å²) in [4.78, 5) is 21.9. The van der Waals surface area contributed by atoms with Gasteiger partial charge in [0.1, 0.15) is 5.82 Å². The first-order chi connectivity index (χ1) is 10.4. The molecule has 2 heterocycles. The third-order valence-electron chi connectivity index (χ3n) is 4.34. The molecule has 0 radical (unpaired) electrons. The number of anilines is 1. The van der Waals surface area contributed by atoms with Crippen molar-refractivity contribution in [1.29, 1.82) is 0 Å². The molecule has 22 heavy (non-hydrogen) atoms. The highest BCUT2D eigenvalue weighted by atomic mass is 35.5. The molecule has 4 N–H and O–H groups in total. The number of nitrogen functional groups attached to an aromatic ring is 1. The summed E-state index contributed by atoms with van der Waals surface area (Å²) in [5.74, 6) is 1.11. The van der Waals surface area contributed by atoms with E-state index in [0.717, 1.165) is 50.0 Å². The van der Waals surface area contributed by atoms with E-state index in [0.29, 0.717) is 11.7 Å². The highest BCUT2D eigenvalue weighted by Crippen LogP contribution is 2.25. The number of aryl methyl sites for hydroxylation is 1. The van der Waals surface area contributed by atoms with Crippen LogP contribution in [0, 0.1) is 12.8 Å². The Balaban J connectivity index is 1.86. The summed E-state index contributed by atoms with van der Waals surface area (Å²) in [6.07, 6.45) is 3.88. The van der Waals surface area contributed by atoms with E-state index in [2.05, 4.69) is 9.97 Å². The van der Waals surface area contributed by atoms with Crippen LogP contribution in [0.25, 0.3) is 0 Å². The summed E-state index contributed by atoms with van der Waals surface area (Å²) in [5, 5.41) is 0.196. The molecule has 1 atom stereocenters. The minimum atomic E-state index is -0.412. The van der Waals surface area contributed by atoms with Gasteiger partial charge in [-0.1, -0.05) is 0 Å². The normalized spacial score (nSPS) is 17.5. The molecule has 1 fully saturated rings. The number of hydrogen-bond acceptors (Lipinski definition) is 5. The number of rotatable bonds is 4. The monoisotopic (exact) mass is 325 g/mol. The van der Waals surface area contributed by atoms with Crippen LogP contribution in [0.15, 0.2) is 0 Å². The second-order valence-corrected chi connectivity index (χ2v) is 6.38. The molecule has 1 amide bonds. The standard InChI is InChI=1S/C15H24ClN5O/c1-9(17)14(22)21-7-5-11(6-8-21)3-4-12-10(2)19-15(16)20-13(12)18/h9,11H,3-8,17H2,1-2H3,(H2,18,19,20). The second-order valence-electron chi connectivity index (χ2n) is 6.04. The highest BCUT2D eigenvalue weighted by Gasteiger charge is 2.24. The second kappa shape index (κ2) is 7.24. The molecule has 0 saturated carbocycles. The van der Waals surface area contributed by atoms with Crippen LogP contribution in [0.3, 0.4) is 0 Å². The van der Waals surface area contributed by atoms with E-state index in [1.807, 2.05) is 11.8 Å². The first-order valence-corrected chi connectivity index (χ1v) is 8.09. The fourth-order valence-electron chi connectivity index (χ4n) is 2.97. The van der Waals surface area contributed by atoms with E-state index in [4.69, 9.17) is 23.1 Å². The molecular formula is C15H24ClN5O. The van der Waals surface area contributed by atoms with Crippen molar-refractivity contribution in [2.45, 2.75) is 45.6 Å². The fraction of sp³-hybridized carbons (Fsp3) is 0.667. The van der Waals surface area contributed by atoms with Gasteiger partial charge < -0.3 is 16.4 Å². The zero-order chi connectivity index (χ0) is 16.3. The maximum absolute atomic E-state index is 11.9. The summed E-state index contributed by atoms with van der Waals surface area (Å²) in [7, 11) is 0. The lowest BCUT2D eigenvalue weighted by Gasteiger charge is -2.33. The van der Waals surface area contributed by atoms with Crippen molar-refractivity contribution in [3.8, 4) is 0 Å². The Morgan fingerprint density at radius 2 is 2.05 bits per heavy atom. The summed E-state index contributed by atoms with van der Waals surface area (Å²) < 4.78 is 0. The van der Waals surface area contributed by atoms with E-state index >= 15 is 0 Å². The molecule has 0 aliphatic carbocycles. The number of carbonyl (C=O) groups is 1. The average molecular weight is 326 g/mol. The predicted molar refractivity (Wildman–Crippen MR) is 87.5 cm³/mol. The SMILES string of the molecule is Cc1nc(Cl)nc(N)c1CCC1CCN(C(=O)C(C)N)CC1. The van der Waals surface area contributed by atoms with Gasteiger partial charge in [0.25, 0.3) is 0 Å². The fourth-order valence-corrected chi connectivity index (χ4v) is 3.19. The molecule has 1 saturated heterocycles. The summed E-state index contributed by atoms with van der Waals surface area (Å²) in [5.41, 5.74) is 13.4. The Bertz CT molecular complexity index is 518. The van der Waals surface area contributed by atoms with Crippen LogP contribution in [0.4, 0.5) is 5.82 Å². The predicted octanol–water partition coefficient (Wildman–Crippen LogP) is 1.54. The average Bonchev–Trinajstić information content (AvgIpc) is 2.46. The first-order valence-electron chi connectivity index (χ1n) is 7.71. The zero-order valence-electron chi connectivity index (χ0n) is 13.2. The van der Waals surface area contributed by atoms with E-state index < -0.39 is 6.04 Å². The lowest BCUT2D eigenvalue weighted by atomic mass is 9.90. The highest BCUT2D eigenvalue weighted by molar-refractivity contribution is 6.28. The maximum atomic E-state index is 11.9. The molecule has 0 bridgehead atoms. The van der Waals surface area contributed by atoms with Crippen molar-refractivity contribution in [2.75, 3.05) is 18.8 Å². The Hall–Kier alpha value is -1.40. The number of halogens is 1. The molecule has 2 rings (SSSR count). The van der Waals surface area contributed by atoms with Gasteiger partial charge in [0, 0.05) is 24.3 Å². The van der Waals surface area contributed by atoms with Crippen LogP contribution in [0.1, 0.15) is 37.4 Å². The molecular weight excluding hydrogens is 302 g/mol. The number of hydrogen-bond donors (Lipinski definition) is 2. The third-order valence-corrected chi connectivity index (χ3v) is 4.51. The van der Waals surface area contributed by atoms with E-state index in [1.165, 1.54) is 0 Å². The zero-order valence-corrected chi connectivity index (χ0v) is 13.9. The van der Waals surface area contributed by atoms with Gasteiger partial charge >= 0.3 is 0 Å². The third kappa shape index (κ3) is 4.08. The molecule has 0 spiro atoms. The van der Waals surface area contributed by atoms with Crippen molar-refractivity contribution in [3.63, 3.8) is 0 Å². The molecule has 1 aromatic rings. The lowest BCUT2D eigenvalue weighted by Crippen LogP contribution is -2.45. The van der Waals surface area contributed by atoms with Gasteiger partial charge in [-0.05, 0) is 57.0 Å². The van der Waals surface area contributed by atoms with Crippen LogP contribution >= 0.6 is 11.6 Å². The number of amides is 1. The molecule has 1 aliphatic heterocycles. The number of likely N-dealkylation sites (tertiary alicyclic amines) is 1. The topological polar surface area (TPSA) is 98.1 Å². The van der Waals surface area contributed by atoms with Crippen molar-refractivity contribution < 1.29 is 4.79 Å². The van der Waals surface area contributed by atoms with E-state index in [1.54, 1.807) is 6.92 Å².